The van der Waals surface area contributed by atoms with E-state index in [-0.39, 0.29) is 11.5 Å². The van der Waals surface area contributed by atoms with E-state index >= 15 is 0 Å². The highest BCUT2D eigenvalue weighted by molar-refractivity contribution is 5.54. The zero-order valence-electron chi connectivity index (χ0n) is 10.9. The number of nitrogens with two attached hydrogens (primary N) is 1. The lowest BCUT2D eigenvalue weighted by molar-refractivity contribution is 0.591. The molecule has 90 valence electrons. The van der Waals surface area contributed by atoms with E-state index in [9.17, 15) is 0 Å². The molecular weight excluding hydrogens is 196 g/mol. The van der Waals surface area contributed by atoms with Crippen LogP contribution in [0, 0.1) is 0 Å². The first-order chi connectivity index (χ1) is 7.41. The van der Waals surface area contributed by atoms with Gasteiger partial charge in [0.05, 0.1) is 0 Å². The second kappa shape index (κ2) is 5.35. The molecule has 16 heavy (non-hydrogen) atoms. The van der Waals surface area contributed by atoms with Crippen LogP contribution in [0.4, 0.5) is 5.69 Å². The maximum atomic E-state index is 5.74. The number of para-hydroxylation sites is 1. The Labute approximate surface area is 99.2 Å². The van der Waals surface area contributed by atoms with E-state index in [2.05, 4.69) is 50.4 Å². The number of benzene rings is 1. The number of anilines is 1. The van der Waals surface area contributed by atoms with E-state index in [0.29, 0.717) is 0 Å². The third-order valence-corrected chi connectivity index (χ3v) is 2.65. The fourth-order valence-corrected chi connectivity index (χ4v) is 1.73. The molecule has 0 aliphatic rings. The summed E-state index contributed by atoms with van der Waals surface area (Å²) in [5, 5.41) is 3.47. The van der Waals surface area contributed by atoms with E-state index in [1.165, 1.54) is 11.3 Å². The van der Waals surface area contributed by atoms with E-state index < -0.39 is 0 Å². The zero-order chi connectivity index (χ0) is 12.2. The molecule has 0 radical (unpaired) electrons. The lowest BCUT2D eigenvalue weighted by atomic mass is 9.86. The molecule has 0 aliphatic carbocycles. The predicted molar refractivity (Wildman–Crippen MR) is 71.9 cm³/mol. The molecule has 2 nitrogen and oxygen atoms in total. The van der Waals surface area contributed by atoms with Crippen molar-refractivity contribution in [1.29, 1.82) is 0 Å². The molecule has 1 rings (SSSR count). The van der Waals surface area contributed by atoms with Crippen molar-refractivity contribution in [3.63, 3.8) is 0 Å². The van der Waals surface area contributed by atoms with Crippen molar-refractivity contribution in [1.82, 2.24) is 0 Å². The predicted octanol–water partition coefficient (Wildman–Crippen LogP) is 3.13. The molecule has 0 heterocycles. The van der Waals surface area contributed by atoms with Gasteiger partial charge in [-0.3, -0.25) is 0 Å². The van der Waals surface area contributed by atoms with E-state index in [1.807, 2.05) is 6.92 Å². The highest BCUT2D eigenvalue weighted by Gasteiger charge is 2.16. The Hall–Kier alpha value is -1.02. The summed E-state index contributed by atoms with van der Waals surface area (Å²) in [5.41, 5.74) is 8.51. The van der Waals surface area contributed by atoms with Crippen LogP contribution >= 0.6 is 0 Å². The Morgan fingerprint density at radius 3 is 2.44 bits per heavy atom. The summed E-state index contributed by atoms with van der Waals surface area (Å²) in [5.74, 6) is 0. The van der Waals surface area contributed by atoms with Crippen LogP contribution in [0.2, 0.25) is 0 Å². The lowest BCUT2D eigenvalue weighted by Crippen LogP contribution is -2.20. The van der Waals surface area contributed by atoms with Gasteiger partial charge in [0.1, 0.15) is 0 Å². The van der Waals surface area contributed by atoms with Gasteiger partial charge in [0.15, 0.2) is 0 Å². The van der Waals surface area contributed by atoms with Crippen molar-refractivity contribution in [3.8, 4) is 0 Å². The van der Waals surface area contributed by atoms with Crippen LogP contribution in [0.3, 0.4) is 0 Å². The molecule has 0 spiro atoms. The van der Waals surface area contributed by atoms with E-state index in [1.54, 1.807) is 0 Å². The van der Waals surface area contributed by atoms with E-state index in [4.69, 9.17) is 5.73 Å². The van der Waals surface area contributed by atoms with Gasteiger partial charge in [-0.25, -0.2) is 0 Å². The van der Waals surface area contributed by atoms with Crippen molar-refractivity contribution in [2.75, 3.05) is 11.9 Å². The molecule has 0 amide bonds. The van der Waals surface area contributed by atoms with Gasteiger partial charge >= 0.3 is 0 Å². The third kappa shape index (κ3) is 3.86. The highest BCUT2D eigenvalue weighted by atomic mass is 14.9. The van der Waals surface area contributed by atoms with Crippen LogP contribution in [0.25, 0.3) is 0 Å². The SMILES string of the molecule is CC(N)CCNc1ccccc1C(C)(C)C. The van der Waals surface area contributed by atoms with Crippen LogP contribution in [-0.4, -0.2) is 12.6 Å². The molecule has 3 N–H and O–H groups in total. The summed E-state index contributed by atoms with van der Waals surface area (Å²) in [4.78, 5) is 0. The topological polar surface area (TPSA) is 38.0 Å². The summed E-state index contributed by atoms with van der Waals surface area (Å²) in [6.07, 6.45) is 0.998. The van der Waals surface area contributed by atoms with Crippen molar-refractivity contribution >= 4 is 5.69 Å². The van der Waals surface area contributed by atoms with Gasteiger partial charge in [-0.1, -0.05) is 39.0 Å². The quantitative estimate of drug-likeness (QED) is 0.818. The smallest absolute Gasteiger partial charge is 0.0378 e. The number of hydrogen-bond acceptors (Lipinski definition) is 2. The normalized spacial score (nSPS) is 13.6. The van der Waals surface area contributed by atoms with Gasteiger partial charge in [-0.05, 0) is 30.4 Å². The molecule has 1 aromatic rings. The largest absolute Gasteiger partial charge is 0.385 e. The second-order valence-corrected chi connectivity index (χ2v) is 5.49. The van der Waals surface area contributed by atoms with Crippen molar-refractivity contribution < 1.29 is 0 Å². The van der Waals surface area contributed by atoms with Gasteiger partial charge < -0.3 is 11.1 Å². The third-order valence-electron chi connectivity index (χ3n) is 2.65. The fraction of sp³-hybridized carbons (Fsp3) is 0.571. The first kappa shape index (κ1) is 13.0. The van der Waals surface area contributed by atoms with Crippen molar-refractivity contribution in [2.24, 2.45) is 5.73 Å². The Kier molecular flexibility index (Phi) is 4.36. The van der Waals surface area contributed by atoms with Crippen molar-refractivity contribution in [2.45, 2.75) is 45.6 Å². The Balaban J connectivity index is 2.72. The molecule has 0 aliphatic heterocycles. The summed E-state index contributed by atoms with van der Waals surface area (Å²) in [6, 6.07) is 8.76. The van der Waals surface area contributed by atoms with Crippen LogP contribution in [0.15, 0.2) is 24.3 Å². The van der Waals surface area contributed by atoms with Gasteiger partial charge in [0, 0.05) is 18.3 Å². The highest BCUT2D eigenvalue weighted by Crippen LogP contribution is 2.29. The molecule has 1 unspecified atom stereocenters. The summed E-state index contributed by atoms with van der Waals surface area (Å²) < 4.78 is 0. The Morgan fingerprint density at radius 1 is 1.25 bits per heavy atom. The molecule has 2 heteroatoms. The van der Waals surface area contributed by atoms with Crippen LogP contribution in [0.5, 0.6) is 0 Å². The average Bonchev–Trinajstić information content (AvgIpc) is 2.16. The van der Waals surface area contributed by atoms with Crippen LogP contribution in [-0.2, 0) is 5.41 Å². The van der Waals surface area contributed by atoms with Gasteiger partial charge in [0.2, 0.25) is 0 Å². The van der Waals surface area contributed by atoms with Crippen LogP contribution < -0.4 is 11.1 Å². The van der Waals surface area contributed by atoms with Gasteiger partial charge in [-0.15, -0.1) is 0 Å². The monoisotopic (exact) mass is 220 g/mol. The molecule has 0 fully saturated rings. The number of hydrogen-bond donors (Lipinski definition) is 2. The first-order valence-electron chi connectivity index (χ1n) is 6.00. The maximum Gasteiger partial charge on any atom is 0.0378 e. The molecule has 0 aromatic heterocycles. The minimum atomic E-state index is 0.178. The van der Waals surface area contributed by atoms with Gasteiger partial charge in [-0.2, -0.15) is 0 Å². The maximum absolute atomic E-state index is 5.74. The molecule has 1 atom stereocenters. The standard InChI is InChI=1S/C14H24N2/c1-11(15)9-10-16-13-8-6-5-7-12(13)14(2,3)4/h5-8,11,16H,9-10,15H2,1-4H3. The number of nitrogens with one attached hydrogen (secondary N) is 1. The summed E-state index contributed by atoms with van der Waals surface area (Å²) in [6.45, 7) is 9.68. The first-order valence-corrected chi connectivity index (χ1v) is 6.00. The lowest BCUT2D eigenvalue weighted by Gasteiger charge is -2.23. The zero-order valence-corrected chi connectivity index (χ0v) is 10.9. The fourth-order valence-electron chi connectivity index (χ4n) is 1.73. The minimum Gasteiger partial charge on any atom is -0.385 e. The minimum absolute atomic E-state index is 0.178. The van der Waals surface area contributed by atoms with Gasteiger partial charge in [0.25, 0.3) is 0 Å². The molecular formula is C14H24N2. The summed E-state index contributed by atoms with van der Waals surface area (Å²) in [7, 11) is 0. The molecule has 0 bridgehead atoms. The van der Waals surface area contributed by atoms with Crippen molar-refractivity contribution in [3.05, 3.63) is 29.8 Å². The molecule has 0 saturated carbocycles. The Morgan fingerprint density at radius 2 is 1.88 bits per heavy atom. The Bertz CT molecular complexity index is 324. The molecule has 1 aromatic carbocycles. The number of rotatable bonds is 4. The molecule has 0 saturated heterocycles. The second-order valence-electron chi connectivity index (χ2n) is 5.49. The van der Waals surface area contributed by atoms with Crippen LogP contribution in [0.1, 0.15) is 39.7 Å². The van der Waals surface area contributed by atoms with E-state index in [0.717, 1.165) is 13.0 Å². The summed E-state index contributed by atoms with van der Waals surface area (Å²) >= 11 is 0. The average molecular weight is 220 g/mol.